The molecule has 1 aliphatic carbocycles. The number of hydrogen-bond donors (Lipinski definition) is 0. The molecule has 0 N–H and O–H groups in total. The molecule has 2 heteroatoms. The van der Waals surface area contributed by atoms with Gasteiger partial charge in [0, 0.05) is 5.30 Å². The van der Waals surface area contributed by atoms with E-state index in [9.17, 15) is 0 Å². The van der Waals surface area contributed by atoms with Crippen molar-refractivity contribution < 1.29 is 0 Å². The Labute approximate surface area is 197 Å². The Morgan fingerprint density at radius 2 is 1.25 bits per heavy atom. The largest absolute Gasteiger partial charge is 0.146 e. The Balaban J connectivity index is 2.02. The lowest BCUT2D eigenvalue weighted by Gasteiger charge is -2.38. The predicted molar refractivity (Wildman–Crippen MR) is 146 cm³/mol. The van der Waals surface area contributed by atoms with Crippen LogP contribution in [0.15, 0.2) is 60.7 Å². The van der Waals surface area contributed by atoms with Gasteiger partial charge in [-0.15, -0.1) is 5.54 Å². The summed E-state index contributed by atoms with van der Waals surface area (Å²) < 4.78 is 0. The van der Waals surface area contributed by atoms with Gasteiger partial charge in [-0.3, -0.25) is 0 Å². The van der Waals surface area contributed by atoms with Crippen LogP contribution in [0.25, 0.3) is 16.2 Å². The lowest BCUT2D eigenvalue weighted by Crippen LogP contribution is -2.43. The Kier molecular flexibility index (Phi) is 6.85. The fourth-order valence-electron chi connectivity index (χ4n) is 6.11. The summed E-state index contributed by atoms with van der Waals surface area (Å²) >= 11 is 0. The van der Waals surface area contributed by atoms with Crippen molar-refractivity contribution in [2.75, 3.05) is 0 Å². The maximum atomic E-state index is 4.08. The van der Waals surface area contributed by atoms with Crippen molar-refractivity contribution in [2.24, 2.45) is 0 Å². The average molecular weight is 457 g/mol. The van der Waals surface area contributed by atoms with Crippen LogP contribution in [0, 0.1) is 11.5 Å². The Morgan fingerprint density at radius 3 is 1.81 bits per heavy atom. The molecule has 1 aliphatic rings. The molecule has 3 aromatic rings. The first-order valence-corrected chi connectivity index (χ1v) is 15.9. The highest BCUT2D eigenvalue weighted by molar-refractivity contribution is 7.61. The van der Waals surface area contributed by atoms with Crippen LogP contribution in [-0.2, 0) is 12.8 Å². The van der Waals surface area contributed by atoms with Crippen LogP contribution in [0.3, 0.4) is 0 Å². The first kappa shape index (κ1) is 23.2. The van der Waals surface area contributed by atoms with Crippen LogP contribution in [0.1, 0.15) is 64.4 Å². The van der Waals surface area contributed by atoms with E-state index in [1.807, 2.05) is 0 Å². The maximum absolute atomic E-state index is 4.08. The zero-order valence-corrected chi connectivity index (χ0v) is 22.5. The van der Waals surface area contributed by atoms with E-state index in [-0.39, 0.29) is 0 Å². The molecule has 0 fully saturated rings. The van der Waals surface area contributed by atoms with Crippen LogP contribution in [0.2, 0.25) is 16.6 Å². The van der Waals surface area contributed by atoms with Gasteiger partial charge in [-0.25, -0.2) is 0 Å². The van der Waals surface area contributed by atoms with Gasteiger partial charge >= 0.3 is 0 Å². The van der Waals surface area contributed by atoms with Gasteiger partial charge in [0.15, 0.2) is 0 Å². The lowest BCUT2D eigenvalue weighted by molar-refractivity contribution is 0.838. The smallest absolute Gasteiger partial charge is 0.125 e. The van der Waals surface area contributed by atoms with E-state index in [2.05, 4.69) is 114 Å². The second-order valence-electron chi connectivity index (χ2n) is 10.2. The van der Waals surface area contributed by atoms with Gasteiger partial charge in [-0.2, -0.15) is 0 Å². The number of fused-ring (bicyclic) bond motifs is 1. The van der Waals surface area contributed by atoms with Crippen LogP contribution >= 0.6 is 7.53 Å². The zero-order chi connectivity index (χ0) is 22.9. The minimum absolute atomic E-state index is 0.580. The molecule has 0 amide bonds. The normalized spacial score (nSPS) is 14.1. The van der Waals surface area contributed by atoms with Gasteiger partial charge in [-0.05, 0) is 57.9 Å². The highest BCUT2D eigenvalue weighted by atomic mass is 31.1. The van der Waals surface area contributed by atoms with Crippen molar-refractivity contribution >= 4 is 15.6 Å². The maximum Gasteiger partial charge on any atom is 0.146 e. The van der Waals surface area contributed by atoms with Gasteiger partial charge in [0.1, 0.15) is 8.07 Å². The molecular weight excluding hydrogens is 419 g/mol. The standard InChI is InChI=1S/C30H37PSi/c1-22(2)32(23(3)4,24(5)6)21-20-29-27-18-13-19-28(27)30(25-14-9-7-10-15-25)31(29)26-16-11-8-12-17-26/h7-12,14-17,22-24H,13,18-19H2,1-6H3. The first-order chi connectivity index (χ1) is 15.4. The molecule has 0 saturated heterocycles. The number of hydrogen-bond acceptors (Lipinski definition) is 0. The van der Waals surface area contributed by atoms with Crippen molar-refractivity contribution in [3.8, 4) is 27.6 Å². The highest BCUT2D eigenvalue weighted by Gasteiger charge is 2.42. The number of benzene rings is 2. The topological polar surface area (TPSA) is 0 Å². The third kappa shape index (κ3) is 3.94. The van der Waals surface area contributed by atoms with Gasteiger partial charge in [0.25, 0.3) is 0 Å². The summed E-state index contributed by atoms with van der Waals surface area (Å²) in [4.78, 5) is 0. The summed E-state index contributed by atoms with van der Waals surface area (Å²) in [5, 5.41) is 4.50. The molecule has 0 radical (unpaired) electrons. The molecule has 0 saturated carbocycles. The van der Waals surface area contributed by atoms with Crippen molar-refractivity contribution in [1.82, 2.24) is 0 Å². The summed E-state index contributed by atoms with van der Waals surface area (Å²) in [6.07, 6.45) is 3.67. The van der Waals surface area contributed by atoms with Crippen molar-refractivity contribution in [3.05, 3.63) is 77.1 Å². The molecule has 32 heavy (non-hydrogen) atoms. The summed E-state index contributed by atoms with van der Waals surface area (Å²) in [6.45, 7) is 14.5. The van der Waals surface area contributed by atoms with Crippen molar-refractivity contribution in [2.45, 2.75) is 77.4 Å². The van der Waals surface area contributed by atoms with E-state index in [4.69, 9.17) is 0 Å². The van der Waals surface area contributed by atoms with Gasteiger partial charge in [0.2, 0.25) is 0 Å². The Hall–Kier alpha value is -2.00. The summed E-state index contributed by atoms with van der Waals surface area (Å²) in [7, 11) is -2.35. The van der Waals surface area contributed by atoms with E-state index in [1.54, 1.807) is 16.4 Å². The van der Waals surface area contributed by atoms with Crippen LogP contribution in [-0.4, -0.2) is 8.07 Å². The van der Waals surface area contributed by atoms with E-state index in [1.165, 1.54) is 35.4 Å². The van der Waals surface area contributed by atoms with Gasteiger partial charge in [0.05, 0.1) is 5.30 Å². The average Bonchev–Trinajstić information content (AvgIpc) is 3.36. The zero-order valence-electron chi connectivity index (χ0n) is 20.6. The van der Waals surface area contributed by atoms with E-state index >= 15 is 0 Å². The van der Waals surface area contributed by atoms with Crippen LogP contribution in [0.4, 0.5) is 0 Å². The second-order valence-corrected chi connectivity index (χ2v) is 17.9. The third-order valence-electron chi connectivity index (χ3n) is 7.56. The fraction of sp³-hybridized carbons (Fsp3) is 0.400. The summed E-state index contributed by atoms with van der Waals surface area (Å²) in [5.41, 5.74) is 10.7. The molecule has 0 bridgehead atoms. The minimum Gasteiger partial charge on any atom is -0.125 e. The van der Waals surface area contributed by atoms with Gasteiger partial charge < -0.3 is 0 Å². The van der Waals surface area contributed by atoms with Gasteiger partial charge in [-0.1, -0.05) is 116 Å². The number of rotatable bonds is 5. The van der Waals surface area contributed by atoms with Crippen molar-refractivity contribution in [1.29, 1.82) is 0 Å². The monoisotopic (exact) mass is 456 g/mol. The van der Waals surface area contributed by atoms with E-state index < -0.39 is 15.6 Å². The molecule has 2 aromatic carbocycles. The van der Waals surface area contributed by atoms with Crippen LogP contribution < -0.4 is 0 Å². The summed E-state index contributed by atoms with van der Waals surface area (Å²) in [5.74, 6) is 3.96. The molecule has 0 spiro atoms. The molecule has 4 rings (SSSR count). The van der Waals surface area contributed by atoms with E-state index in [0.717, 1.165) is 0 Å². The fourth-order valence-corrected chi connectivity index (χ4v) is 14.2. The molecule has 0 nitrogen and oxygen atoms in total. The second kappa shape index (κ2) is 9.47. The third-order valence-corrected chi connectivity index (χ3v) is 16.5. The molecule has 1 atom stereocenters. The predicted octanol–water partition coefficient (Wildman–Crippen LogP) is 9.39. The molecule has 166 valence electrons. The Morgan fingerprint density at radius 1 is 0.719 bits per heavy atom. The molecule has 1 heterocycles. The molecule has 0 aliphatic heterocycles. The lowest BCUT2D eigenvalue weighted by atomic mass is 10.1. The quantitative estimate of drug-likeness (QED) is 0.265. The van der Waals surface area contributed by atoms with Crippen molar-refractivity contribution in [3.63, 3.8) is 0 Å². The minimum atomic E-state index is -1.77. The highest BCUT2D eigenvalue weighted by Crippen LogP contribution is 2.58. The SMILES string of the molecule is CC(C)[Si](C#Cc1c2c(c(-c3ccccc3)p1-c1ccccc1)CCC2)(C(C)C)C(C)C. The molecular formula is C30H37PSi. The summed E-state index contributed by atoms with van der Waals surface area (Å²) in [6, 6.07) is 22.3. The Bertz CT molecular complexity index is 1100. The van der Waals surface area contributed by atoms with E-state index in [0.29, 0.717) is 16.6 Å². The molecule has 1 aromatic heterocycles. The van der Waals surface area contributed by atoms with Crippen LogP contribution in [0.5, 0.6) is 0 Å². The molecule has 1 unspecified atom stereocenters. The first-order valence-electron chi connectivity index (χ1n) is 12.3.